The summed E-state index contributed by atoms with van der Waals surface area (Å²) < 4.78 is 13.2. The molecule has 0 saturated heterocycles. The van der Waals surface area contributed by atoms with Gasteiger partial charge in [-0.15, -0.1) is 0 Å². The molecular weight excluding hydrogens is 504 g/mol. The fraction of sp³-hybridized carbons (Fsp3) is 0.226. The first kappa shape index (κ1) is 26.7. The van der Waals surface area contributed by atoms with E-state index < -0.39 is 6.09 Å². The summed E-state index contributed by atoms with van der Waals surface area (Å²) in [6.07, 6.45) is 3.70. The number of alkyl carbamates (subject to hydrolysis) is 1. The number of carbonyl (C=O) groups is 1. The second kappa shape index (κ2) is 12.8. The van der Waals surface area contributed by atoms with Crippen molar-refractivity contribution in [3.63, 3.8) is 0 Å². The summed E-state index contributed by atoms with van der Waals surface area (Å²) >= 11 is 0. The van der Waals surface area contributed by atoms with E-state index in [4.69, 9.17) is 20.3 Å². The Kier molecular flexibility index (Phi) is 8.50. The average molecular weight is 537 g/mol. The summed E-state index contributed by atoms with van der Waals surface area (Å²) in [4.78, 5) is 21.3. The molecule has 0 bridgehead atoms. The molecule has 0 aliphatic heterocycles. The van der Waals surface area contributed by atoms with Gasteiger partial charge in [0.2, 0.25) is 0 Å². The van der Waals surface area contributed by atoms with E-state index in [1.807, 2.05) is 89.6 Å². The topological polar surface area (TPSA) is 117 Å². The number of fused-ring (bicyclic) bond motifs is 1. The van der Waals surface area contributed by atoms with Crippen LogP contribution in [0.1, 0.15) is 37.8 Å². The Hall–Kier alpha value is -4.92. The number of benzene rings is 3. The van der Waals surface area contributed by atoms with Gasteiger partial charge in [-0.2, -0.15) is 5.10 Å². The number of nitrogen functional groups attached to an aromatic ring is 1. The van der Waals surface area contributed by atoms with E-state index in [9.17, 15) is 4.79 Å². The SMILES string of the molecule is CCCCC(CNC(=O)OCc1ccccc1)n1nc(-c2ccc(Oc3ccccc3)cc2)c2c(N)ncnc21. The van der Waals surface area contributed by atoms with Gasteiger partial charge in [0.25, 0.3) is 0 Å². The quantitative estimate of drug-likeness (QED) is 0.197. The minimum atomic E-state index is -0.481. The molecule has 1 unspecified atom stereocenters. The normalized spacial score (nSPS) is 11.7. The maximum absolute atomic E-state index is 12.5. The zero-order valence-corrected chi connectivity index (χ0v) is 22.4. The van der Waals surface area contributed by atoms with E-state index in [2.05, 4.69) is 22.2 Å². The highest BCUT2D eigenvalue weighted by atomic mass is 16.5. The van der Waals surface area contributed by atoms with Crippen LogP contribution in [0.15, 0.2) is 91.3 Å². The number of amides is 1. The summed E-state index contributed by atoms with van der Waals surface area (Å²) in [6.45, 7) is 2.66. The minimum absolute atomic E-state index is 0.157. The van der Waals surface area contributed by atoms with E-state index in [1.165, 1.54) is 6.33 Å². The Morgan fingerprint density at radius 1 is 0.950 bits per heavy atom. The van der Waals surface area contributed by atoms with Crippen LogP contribution in [0.4, 0.5) is 10.6 Å². The number of nitrogens with zero attached hydrogens (tertiary/aromatic N) is 4. The minimum Gasteiger partial charge on any atom is -0.457 e. The van der Waals surface area contributed by atoms with Crippen molar-refractivity contribution in [3.8, 4) is 22.8 Å². The van der Waals surface area contributed by atoms with Gasteiger partial charge >= 0.3 is 6.09 Å². The molecule has 0 fully saturated rings. The van der Waals surface area contributed by atoms with Gasteiger partial charge in [0.1, 0.15) is 35.9 Å². The molecule has 0 aliphatic rings. The van der Waals surface area contributed by atoms with Crippen LogP contribution in [0.5, 0.6) is 11.5 Å². The van der Waals surface area contributed by atoms with Crippen molar-refractivity contribution < 1.29 is 14.3 Å². The fourth-order valence-corrected chi connectivity index (χ4v) is 4.48. The summed E-state index contributed by atoms with van der Waals surface area (Å²) in [5.74, 6) is 1.82. The van der Waals surface area contributed by atoms with Gasteiger partial charge in [0, 0.05) is 12.1 Å². The predicted octanol–water partition coefficient (Wildman–Crippen LogP) is 6.53. The van der Waals surface area contributed by atoms with Gasteiger partial charge in [-0.1, -0.05) is 68.3 Å². The molecule has 5 aromatic rings. The molecule has 1 amide bonds. The van der Waals surface area contributed by atoms with E-state index in [0.717, 1.165) is 36.1 Å². The van der Waals surface area contributed by atoms with E-state index in [0.29, 0.717) is 34.8 Å². The first-order chi connectivity index (χ1) is 19.6. The zero-order valence-electron chi connectivity index (χ0n) is 22.4. The van der Waals surface area contributed by atoms with Crippen molar-refractivity contribution in [3.05, 3.63) is 96.8 Å². The number of nitrogens with two attached hydrogens (primary N) is 1. The number of aromatic nitrogens is 4. The van der Waals surface area contributed by atoms with Crippen molar-refractivity contribution in [1.29, 1.82) is 0 Å². The summed E-state index contributed by atoms with van der Waals surface area (Å²) in [5, 5.41) is 8.54. The van der Waals surface area contributed by atoms with Crippen LogP contribution >= 0.6 is 0 Å². The standard InChI is InChI=1S/C31H32N6O3/c1-2-3-12-24(19-33-31(38)39-20-22-10-6-4-7-11-22)37-30-27(29(32)34-21-35-30)28(36-37)23-15-17-26(18-16-23)40-25-13-8-5-9-14-25/h4-11,13-18,21,24H,2-3,12,19-20H2,1H3,(H,33,38)(H2,32,34,35). The lowest BCUT2D eigenvalue weighted by molar-refractivity contribution is 0.137. The second-order valence-corrected chi connectivity index (χ2v) is 9.43. The maximum Gasteiger partial charge on any atom is 0.407 e. The van der Waals surface area contributed by atoms with Gasteiger partial charge < -0.3 is 20.5 Å². The van der Waals surface area contributed by atoms with Gasteiger partial charge in [-0.25, -0.2) is 19.4 Å². The largest absolute Gasteiger partial charge is 0.457 e. The molecule has 5 rings (SSSR count). The van der Waals surface area contributed by atoms with Crippen LogP contribution in [-0.4, -0.2) is 32.4 Å². The summed E-state index contributed by atoms with van der Waals surface area (Å²) in [5.41, 5.74) is 9.41. The van der Waals surface area contributed by atoms with Crippen LogP contribution in [0.25, 0.3) is 22.3 Å². The monoisotopic (exact) mass is 536 g/mol. The lowest BCUT2D eigenvalue weighted by Gasteiger charge is -2.18. The molecule has 3 N–H and O–H groups in total. The maximum atomic E-state index is 12.5. The summed E-state index contributed by atoms with van der Waals surface area (Å²) in [6, 6.07) is 26.7. The second-order valence-electron chi connectivity index (χ2n) is 9.43. The number of hydrogen-bond donors (Lipinski definition) is 2. The molecule has 0 spiro atoms. The number of ether oxygens (including phenoxy) is 2. The van der Waals surface area contributed by atoms with Crippen molar-refractivity contribution in [2.45, 2.75) is 38.8 Å². The third-order valence-corrected chi connectivity index (χ3v) is 6.56. The first-order valence-corrected chi connectivity index (χ1v) is 13.4. The molecule has 9 heteroatoms. The molecule has 1 atom stereocenters. The fourth-order valence-electron chi connectivity index (χ4n) is 4.48. The molecular formula is C31H32N6O3. The van der Waals surface area contributed by atoms with Gasteiger partial charge in [0.05, 0.1) is 11.4 Å². The van der Waals surface area contributed by atoms with Crippen LogP contribution in [0.3, 0.4) is 0 Å². The van der Waals surface area contributed by atoms with E-state index in [-0.39, 0.29) is 12.6 Å². The molecule has 0 aliphatic carbocycles. The highest BCUT2D eigenvalue weighted by Gasteiger charge is 2.23. The Labute approximate surface area is 233 Å². The molecule has 204 valence electrons. The van der Waals surface area contributed by atoms with Crippen molar-refractivity contribution in [2.75, 3.05) is 12.3 Å². The van der Waals surface area contributed by atoms with Gasteiger partial charge in [-0.05, 0) is 48.4 Å². The number of hydrogen-bond acceptors (Lipinski definition) is 7. The number of rotatable bonds is 11. The predicted molar refractivity (Wildman–Crippen MR) is 155 cm³/mol. The van der Waals surface area contributed by atoms with Gasteiger partial charge in [-0.3, -0.25) is 0 Å². The number of carbonyl (C=O) groups excluding carboxylic acids is 1. The Morgan fingerprint density at radius 2 is 1.65 bits per heavy atom. The molecule has 2 aromatic heterocycles. The molecule has 2 heterocycles. The highest BCUT2D eigenvalue weighted by molar-refractivity contribution is 5.98. The molecule has 3 aromatic carbocycles. The van der Waals surface area contributed by atoms with Crippen LogP contribution < -0.4 is 15.8 Å². The molecule has 0 radical (unpaired) electrons. The Morgan fingerprint density at radius 3 is 2.38 bits per heavy atom. The third kappa shape index (κ3) is 6.37. The smallest absolute Gasteiger partial charge is 0.407 e. The first-order valence-electron chi connectivity index (χ1n) is 13.4. The Bertz CT molecular complexity index is 1540. The number of para-hydroxylation sites is 1. The number of nitrogens with one attached hydrogen (secondary N) is 1. The van der Waals surface area contributed by atoms with Crippen LogP contribution in [-0.2, 0) is 11.3 Å². The lowest BCUT2D eigenvalue weighted by atomic mass is 10.1. The molecule has 9 nitrogen and oxygen atoms in total. The van der Waals surface area contributed by atoms with Gasteiger partial charge in [0.15, 0.2) is 5.65 Å². The average Bonchev–Trinajstić information content (AvgIpc) is 3.38. The Balaban J connectivity index is 1.38. The van der Waals surface area contributed by atoms with E-state index >= 15 is 0 Å². The van der Waals surface area contributed by atoms with Crippen molar-refractivity contribution in [1.82, 2.24) is 25.1 Å². The number of unbranched alkanes of at least 4 members (excludes halogenated alkanes) is 1. The van der Waals surface area contributed by atoms with Crippen molar-refractivity contribution in [2.24, 2.45) is 0 Å². The zero-order chi connectivity index (χ0) is 27.7. The lowest BCUT2D eigenvalue weighted by Crippen LogP contribution is -2.31. The van der Waals surface area contributed by atoms with Crippen LogP contribution in [0.2, 0.25) is 0 Å². The molecule has 40 heavy (non-hydrogen) atoms. The highest BCUT2D eigenvalue weighted by Crippen LogP contribution is 2.34. The summed E-state index contributed by atoms with van der Waals surface area (Å²) in [7, 11) is 0. The molecule has 0 saturated carbocycles. The van der Waals surface area contributed by atoms with Crippen LogP contribution in [0, 0.1) is 0 Å². The van der Waals surface area contributed by atoms with E-state index in [1.54, 1.807) is 0 Å². The number of anilines is 1. The third-order valence-electron chi connectivity index (χ3n) is 6.56. The van der Waals surface area contributed by atoms with Crippen molar-refractivity contribution >= 4 is 22.9 Å².